The van der Waals surface area contributed by atoms with Crippen LogP contribution in [0.5, 0.6) is 5.75 Å². The van der Waals surface area contributed by atoms with E-state index in [1.165, 1.54) is 10.9 Å². The zero-order valence-corrected chi connectivity index (χ0v) is 13.6. The first-order chi connectivity index (χ1) is 12.3. The van der Waals surface area contributed by atoms with Crippen LogP contribution in [0.25, 0.3) is 10.8 Å². The lowest BCUT2D eigenvalue weighted by Gasteiger charge is -2.32. The number of carbonyl (C=O) groups is 1. The number of allylic oxidation sites excluding steroid dienone is 9. The fourth-order valence-corrected chi connectivity index (χ4v) is 3.93. The van der Waals surface area contributed by atoms with Crippen molar-refractivity contribution in [3.63, 3.8) is 0 Å². The van der Waals surface area contributed by atoms with Crippen LogP contribution in [-0.4, -0.2) is 6.29 Å². The molecule has 1 heterocycles. The van der Waals surface area contributed by atoms with E-state index >= 15 is 0 Å². The van der Waals surface area contributed by atoms with E-state index in [0.717, 1.165) is 46.3 Å². The second-order valence-corrected chi connectivity index (χ2v) is 6.53. The number of carbonyl (C=O) groups excluding carboxylic acids is 1. The third-order valence-corrected chi connectivity index (χ3v) is 5.09. The average molecular weight is 324 g/mol. The van der Waals surface area contributed by atoms with Crippen LogP contribution in [0.4, 0.5) is 0 Å². The summed E-state index contributed by atoms with van der Waals surface area (Å²) in [6, 6.07) is 12.6. The first kappa shape index (κ1) is 14.2. The lowest BCUT2D eigenvalue weighted by Crippen LogP contribution is -2.21. The van der Waals surface area contributed by atoms with E-state index in [1.807, 2.05) is 24.3 Å². The zero-order valence-electron chi connectivity index (χ0n) is 13.6. The van der Waals surface area contributed by atoms with Crippen molar-refractivity contribution in [3.8, 4) is 5.75 Å². The molecule has 0 fully saturated rings. The molecule has 2 aromatic carbocycles. The van der Waals surface area contributed by atoms with Gasteiger partial charge in [0, 0.05) is 23.3 Å². The molecule has 1 atom stereocenters. The fourth-order valence-electron chi connectivity index (χ4n) is 3.93. The largest absolute Gasteiger partial charge is 0.456 e. The van der Waals surface area contributed by atoms with Gasteiger partial charge in [-0.25, -0.2) is 0 Å². The minimum Gasteiger partial charge on any atom is -0.456 e. The Labute approximate surface area is 146 Å². The summed E-state index contributed by atoms with van der Waals surface area (Å²) in [4.78, 5) is 11.1. The lowest BCUT2D eigenvalue weighted by atomic mass is 9.78. The molecule has 0 N–H and O–H groups in total. The second kappa shape index (κ2) is 5.45. The van der Waals surface area contributed by atoms with Gasteiger partial charge in [0.2, 0.25) is 0 Å². The predicted molar refractivity (Wildman–Crippen MR) is 99.3 cm³/mol. The van der Waals surface area contributed by atoms with Crippen molar-refractivity contribution in [2.75, 3.05) is 0 Å². The number of ether oxygens (including phenoxy) is 1. The molecule has 0 saturated carbocycles. The van der Waals surface area contributed by atoms with Crippen LogP contribution in [-0.2, 0) is 11.2 Å². The molecule has 5 rings (SSSR count). The Hall–Kier alpha value is -3.13. The fraction of sp³-hybridized carbons (Fsp3) is 0.0870. The van der Waals surface area contributed by atoms with Gasteiger partial charge in [-0.05, 0) is 28.2 Å². The molecule has 0 spiro atoms. The number of benzene rings is 2. The molecule has 1 aliphatic heterocycles. The van der Waals surface area contributed by atoms with Gasteiger partial charge in [0.05, 0.1) is 0 Å². The minimum absolute atomic E-state index is 0.0884. The van der Waals surface area contributed by atoms with Crippen molar-refractivity contribution >= 4 is 17.1 Å². The maximum absolute atomic E-state index is 11.1. The minimum atomic E-state index is 0.0884. The van der Waals surface area contributed by atoms with Crippen molar-refractivity contribution in [2.45, 2.75) is 6.42 Å². The molecule has 1 unspecified atom stereocenters. The van der Waals surface area contributed by atoms with Gasteiger partial charge in [0.15, 0.2) is 0 Å². The molecule has 0 amide bonds. The summed E-state index contributed by atoms with van der Waals surface area (Å²) in [6.07, 6.45) is 13.7. The van der Waals surface area contributed by atoms with E-state index in [0.29, 0.717) is 0 Å². The monoisotopic (exact) mass is 324 g/mol. The van der Waals surface area contributed by atoms with Crippen molar-refractivity contribution in [3.05, 3.63) is 101 Å². The van der Waals surface area contributed by atoms with Gasteiger partial charge in [-0.1, -0.05) is 66.8 Å². The summed E-state index contributed by atoms with van der Waals surface area (Å²) in [5.74, 6) is 1.99. The lowest BCUT2D eigenvalue weighted by molar-refractivity contribution is -0.104. The average Bonchev–Trinajstić information content (AvgIpc) is 2.67. The Morgan fingerprint density at radius 3 is 2.92 bits per heavy atom. The van der Waals surface area contributed by atoms with Crippen LogP contribution in [0.15, 0.2) is 95.3 Å². The van der Waals surface area contributed by atoms with Crippen molar-refractivity contribution in [1.82, 2.24) is 0 Å². The molecule has 0 aromatic heterocycles. The Morgan fingerprint density at radius 2 is 2.00 bits per heavy atom. The van der Waals surface area contributed by atoms with E-state index in [-0.39, 0.29) is 5.92 Å². The smallest absolute Gasteiger partial charge is 0.143 e. The van der Waals surface area contributed by atoms with Gasteiger partial charge in [-0.2, -0.15) is 0 Å². The van der Waals surface area contributed by atoms with Crippen LogP contribution in [0.2, 0.25) is 0 Å². The second-order valence-electron chi connectivity index (χ2n) is 6.53. The molecular weight excluding hydrogens is 308 g/mol. The number of fused-ring (bicyclic) bond motifs is 5. The number of rotatable bonds is 1. The molecule has 120 valence electrons. The molecule has 2 aromatic rings. The van der Waals surface area contributed by atoms with Crippen LogP contribution in [0, 0.1) is 5.92 Å². The third kappa shape index (κ3) is 2.14. The topological polar surface area (TPSA) is 26.3 Å². The predicted octanol–water partition coefficient (Wildman–Crippen LogP) is 4.84. The summed E-state index contributed by atoms with van der Waals surface area (Å²) in [5.41, 5.74) is 4.49. The van der Waals surface area contributed by atoms with Gasteiger partial charge in [0.25, 0.3) is 0 Å². The highest BCUT2D eigenvalue weighted by atomic mass is 16.5. The molecule has 25 heavy (non-hydrogen) atoms. The summed E-state index contributed by atoms with van der Waals surface area (Å²) in [7, 11) is 0. The summed E-state index contributed by atoms with van der Waals surface area (Å²) >= 11 is 0. The third-order valence-electron chi connectivity index (χ3n) is 5.09. The van der Waals surface area contributed by atoms with E-state index in [4.69, 9.17) is 4.74 Å². The molecule has 2 heteroatoms. The van der Waals surface area contributed by atoms with Gasteiger partial charge in [-0.3, -0.25) is 4.79 Å². The summed E-state index contributed by atoms with van der Waals surface area (Å²) in [6.45, 7) is 0. The normalized spacial score (nSPS) is 22.2. The Kier molecular flexibility index (Phi) is 3.10. The van der Waals surface area contributed by atoms with Crippen LogP contribution >= 0.6 is 0 Å². The molecule has 0 radical (unpaired) electrons. The molecule has 3 aliphatic rings. The zero-order chi connectivity index (χ0) is 16.8. The highest BCUT2D eigenvalue weighted by Crippen LogP contribution is 2.45. The van der Waals surface area contributed by atoms with E-state index < -0.39 is 0 Å². The number of hydrogen-bond donors (Lipinski definition) is 0. The van der Waals surface area contributed by atoms with E-state index in [2.05, 4.69) is 42.5 Å². The quantitative estimate of drug-likeness (QED) is 0.554. The Morgan fingerprint density at radius 1 is 1.08 bits per heavy atom. The molecule has 0 saturated heterocycles. The van der Waals surface area contributed by atoms with Crippen LogP contribution in [0.1, 0.15) is 5.56 Å². The van der Waals surface area contributed by atoms with Crippen LogP contribution in [0.3, 0.4) is 0 Å². The standard InChI is InChI=1S/C23H16O2/c24-12-11-16-13-18-14-17-10-9-15-5-1-2-7-20(15)22(17)25-23(18)21-8-4-3-6-19(16)21/h1-13,19H,14H2. The maximum Gasteiger partial charge on any atom is 0.143 e. The number of aldehydes is 1. The van der Waals surface area contributed by atoms with E-state index in [9.17, 15) is 4.79 Å². The Bertz CT molecular complexity index is 1060. The highest BCUT2D eigenvalue weighted by Gasteiger charge is 2.31. The van der Waals surface area contributed by atoms with Crippen molar-refractivity contribution < 1.29 is 9.53 Å². The van der Waals surface area contributed by atoms with Gasteiger partial charge in [0.1, 0.15) is 17.8 Å². The SMILES string of the molecule is O=CC=C1C=C2Cc3ccc4ccccc4c3OC2=C2C=CC=CC12. The molecule has 2 aliphatic carbocycles. The van der Waals surface area contributed by atoms with E-state index in [1.54, 1.807) is 6.08 Å². The van der Waals surface area contributed by atoms with Crippen molar-refractivity contribution in [2.24, 2.45) is 5.92 Å². The number of hydrogen-bond acceptors (Lipinski definition) is 2. The van der Waals surface area contributed by atoms with Gasteiger partial charge in [-0.15, -0.1) is 0 Å². The highest BCUT2D eigenvalue weighted by molar-refractivity contribution is 5.90. The summed E-state index contributed by atoms with van der Waals surface area (Å²) < 4.78 is 6.46. The molecule has 0 bridgehead atoms. The first-order valence-electron chi connectivity index (χ1n) is 8.49. The molecule has 2 nitrogen and oxygen atoms in total. The molecular formula is C23H16O2. The first-order valence-corrected chi connectivity index (χ1v) is 8.49. The van der Waals surface area contributed by atoms with Gasteiger partial charge < -0.3 is 4.74 Å². The summed E-state index contributed by atoms with van der Waals surface area (Å²) in [5, 5.41) is 2.33. The maximum atomic E-state index is 11.1. The Balaban J connectivity index is 1.73. The van der Waals surface area contributed by atoms with Gasteiger partial charge >= 0.3 is 0 Å². The van der Waals surface area contributed by atoms with Crippen molar-refractivity contribution in [1.29, 1.82) is 0 Å². The van der Waals surface area contributed by atoms with Crippen LogP contribution < -0.4 is 4.74 Å².